The lowest BCUT2D eigenvalue weighted by atomic mass is 10.1. The number of carbonyl (C=O) groups excluding carboxylic acids is 1. The fraction of sp³-hybridized carbons (Fsp3) is 0.125. The number of nitrogen functional groups attached to an aromatic ring is 1. The van der Waals surface area contributed by atoms with Crippen molar-refractivity contribution in [3.05, 3.63) is 59.2 Å². The molecule has 100 valence electrons. The number of nitrogens with one attached hydrogen (secondary N) is 1. The van der Waals surface area contributed by atoms with Crippen LogP contribution in [0.15, 0.2) is 42.5 Å². The Morgan fingerprint density at radius 3 is 2.70 bits per heavy atom. The van der Waals surface area contributed by atoms with Gasteiger partial charge in [-0.3, -0.25) is 4.79 Å². The third-order valence-electron chi connectivity index (χ3n) is 3.06. The predicted octanol–water partition coefficient (Wildman–Crippen LogP) is 2.63. The number of carbonyl (C=O) groups is 1. The summed E-state index contributed by atoms with van der Waals surface area (Å²) < 4.78 is 0. The van der Waals surface area contributed by atoms with Crippen molar-refractivity contribution in [3.8, 4) is 6.07 Å². The van der Waals surface area contributed by atoms with E-state index in [4.69, 9.17) is 11.0 Å². The van der Waals surface area contributed by atoms with E-state index in [2.05, 4.69) is 11.4 Å². The largest absolute Gasteiger partial charge is 0.398 e. The van der Waals surface area contributed by atoms with Gasteiger partial charge in [0.05, 0.1) is 17.7 Å². The summed E-state index contributed by atoms with van der Waals surface area (Å²) in [6.45, 7) is 1.84. The van der Waals surface area contributed by atoms with Gasteiger partial charge in [0, 0.05) is 5.69 Å². The lowest BCUT2D eigenvalue weighted by Gasteiger charge is -2.09. The van der Waals surface area contributed by atoms with Crippen molar-refractivity contribution in [2.75, 3.05) is 11.1 Å². The summed E-state index contributed by atoms with van der Waals surface area (Å²) in [5.74, 6) is -0.190. The van der Waals surface area contributed by atoms with Crippen molar-refractivity contribution in [1.82, 2.24) is 0 Å². The third kappa shape index (κ3) is 2.96. The number of hydrogen-bond donors (Lipinski definition) is 2. The lowest BCUT2D eigenvalue weighted by Crippen LogP contribution is -2.16. The average Bonchev–Trinajstić information content (AvgIpc) is 2.42. The third-order valence-corrected chi connectivity index (χ3v) is 3.06. The van der Waals surface area contributed by atoms with Gasteiger partial charge < -0.3 is 11.1 Å². The number of anilines is 2. The Bertz CT molecular complexity index is 686. The molecule has 0 unspecified atom stereocenters. The van der Waals surface area contributed by atoms with Gasteiger partial charge in [0.1, 0.15) is 6.07 Å². The zero-order valence-corrected chi connectivity index (χ0v) is 11.2. The first kappa shape index (κ1) is 13.6. The van der Waals surface area contributed by atoms with Gasteiger partial charge in [0.2, 0.25) is 5.91 Å². The second-order valence-corrected chi connectivity index (χ2v) is 4.53. The normalized spacial score (nSPS) is 9.80. The van der Waals surface area contributed by atoms with Crippen LogP contribution in [0.2, 0.25) is 0 Å². The highest BCUT2D eigenvalue weighted by Crippen LogP contribution is 2.19. The second kappa shape index (κ2) is 5.89. The highest BCUT2D eigenvalue weighted by Gasteiger charge is 2.10. The molecule has 1 amide bonds. The van der Waals surface area contributed by atoms with E-state index in [9.17, 15) is 4.79 Å². The van der Waals surface area contributed by atoms with Gasteiger partial charge >= 0.3 is 0 Å². The fourth-order valence-electron chi connectivity index (χ4n) is 1.98. The smallest absolute Gasteiger partial charge is 0.228 e. The van der Waals surface area contributed by atoms with Crippen LogP contribution in [0, 0.1) is 18.3 Å². The van der Waals surface area contributed by atoms with E-state index < -0.39 is 0 Å². The first-order valence-corrected chi connectivity index (χ1v) is 6.24. The highest BCUT2D eigenvalue weighted by atomic mass is 16.1. The summed E-state index contributed by atoms with van der Waals surface area (Å²) in [4.78, 5) is 12.0. The Kier molecular flexibility index (Phi) is 4.02. The van der Waals surface area contributed by atoms with E-state index in [0.717, 1.165) is 11.1 Å². The van der Waals surface area contributed by atoms with Crippen LogP contribution < -0.4 is 11.1 Å². The van der Waals surface area contributed by atoms with Gasteiger partial charge in [-0.1, -0.05) is 30.3 Å². The Morgan fingerprint density at radius 2 is 2.00 bits per heavy atom. The van der Waals surface area contributed by atoms with Crippen molar-refractivity contribution >= 4 is 17.3 Å². The molecule has 0 saturated heterocycles. The Morgan fingerprint density at radius 1 is 1.25 bits per heavy atom. The standard InChI is InChI=1S/C16H15N3O/c1-11-5-4-8-15(13(11)10-17)19-16(20)9-12-6-2-3-7-14(12)18/h2-8H,9,18H2,1H3,(H,19,20). The topological polar surface area (TPSA) is 78.9 Å². The average molecular weight is 265 g/mol. The first-order valence-electron chi connectivity index (χ1n) is 6.24. The zero-order chi connectivity index (χ0) is 14.5. The van der Waals surface area contributed by atoms with Crippen molar-refractivity contribution < 1.29 is 4.79 Å². The molecule has 0 fully saturated rings. The van der Waals surface area contributed by atoms with E-state index in [-0.39, 0.29) is 12.3 Å². The number of nitrogens with zero attached hydrogens (tertiary/aromatic N) is 1. The maximum absolute atomic E-state index is 12.0. The van der Waals surface area contributed by atoms with Crippen LogP contribution in [-0.4, -0.2) is 5.91 Å². The predicted molar refractivity (Wildman–Crippen MR) is 79.1 cm³/mol. The number of benzene rings is 2. The highest BCUT2D eigenvalue weighted by molar-refractivity contribution is 5.94. The molecule has 2 aromatic rings. The number of nitriles is 1. The second-order valence-electron chi connectivity index (χ2n) is 4.53. The molecule has 3 N–H and O–H groups in total. The molecule has 0 saturated carbocycles. The lowest BCUT2D eigenvalue weighted by molar-refractivity contribution is -0.115. The summed E-state index contributed by atoms with van der Waals surface area (Å²) in [6, 6.07) is 14.7. The van der Waals surface area contributed by atoms with E-state index in [1.807, 2.05) is 37.3 Å². The molecule has 0 spiro atoms. The first-order chi connectivity index (χ1) is 9.61. The maximum Gasteiger partial charge on any atom is 0.228 e. The fourth-order valence-corrected chi connectivity index (χ4v) is 1.98. The Balaban J connectivity index is 2.16. The monoisotopic (exact) mass is 265 g/mol. The van der Waals surface area contributed by atoms with Gasteiger partial charge in [-0.2, -0.15) is 5.26 Å². The molecule has 0 heterocycles. The van der Waals surface area contributed by atoms with Gasteiger partial charge in [-0.05, 0) is 30.2 Å². The summed E-state index contributed by atoms with van der Waals surface area (Å²) >= 11 is 0. The van der Waals surface area contributed by atoms with E-state index in [1.54, 1.807) is 12.1 Å². The molecule has 0 aliphatic heterocycles. The minimum absolute atomic E-state index is 0.186. The summed E-state index contributed by atoms with van der Waals surface area (Å²) in [7, 11) is 0. The molecule has 2 rings (SSSR count). The van der Waals surface area contributed by atoms with Crippen molar-refractivity contribution in [2.45, 2.75) is 13.3 Å². The quantitative estimate of drug-likeness (QED) is 0.837. The van der Waals surface area contributed by atoms with Crippen LogP contribution in [0.25, 0.3) is 0 Å². The van der Waals surface area contributed by atoms with Crippen LogP contribution in [0.1, 0.15) is 16.7 Å². The van der Waals surface area contributed by atoms with Crippen molar-refractivity contribution in [2.24, 2.45) is 0 Å². The number of para-hydroxylation sites is 1. The van der Waals surface area contributed by atoms with Gasteiger partial charge in [-0.15, -0.1) is 0 Å². The summed E-state index contributed by atoms with van der Waals surface area (Å²) in [5, 5.41) is 11.9. The Labute approximate surface area is 117 Å². The molecular formula is C16H15N3O. The van der Waals surface area contributed by atoms with Crippen LogP contribution in [0.4, 0.5) is 11.4 Å². The van der Waals surface area contributed by atoms with Crippen LogP contribution in [-0.2, 0) is 11.2 Å². The number of rotatable bonds is 3. The van der Waals surface area contributed by atoms with Crippen molar-refractivity contribution in [1.29, 1.82) is 5.26 Å². The molecule has 0 atom stereocenters. The van der Waals surface area contributed by atoms with Crippen molar-refractivity contribution in [3.63, 3.8) is 0 Å². The van der Waals surface area contributed by atoms with Crippen LogP contribution in [0.3, 0.4) is 0 Å². The number of nitrogens with two attached hydrogens (primary N) is 1. The molecule has 0 aliphatic carbocycles. The summed E-state index contributed by atoms with van der Waals surface area (Å²) in [5.41, 5.74) is 9.03. The summed E-state index contributed by atoms with van der Waals surface area (Å²) in [6.07, 6.45) is 0.186. The number of hydrogen-bond acceptors (Lipinski definition) is 3. The number of aryl methyl sites for hydroxylation is 1. The van der Waals surface area contributed by atoms with Gasteiger partial charge in [-0.25, -0.2) is 0 Å². The minimum Gasteiger partial charge on any atom is -0.398 e. The molecule has 0 bridgehead atoms. The molecule has 20 heavy (non-hydrogen) atoms. The Hall–Kier alpha value is -2.80. The van der Waals surface area contributed by atoms with Crippen LogP contribution >= 0.6 is 0 Å². The molecule has 0 aromatic heterocycles. The molecule has 2 aromatic carbocycles. The minimum atomic E-state index is -0.190. The van der Waals surface area contributed by atoms with E-state index in [1.165, 1.54) is 0 Å². The SMILES string of the molecule is Cc1cccc(NC(=O)Cc2ccccc2N)c1C#N. The molecule has 4 nitrogen and oxygen atoms in total. The zero-order valence-electron chi connectivity index (χ0n) is 11.2. The number of amides is 1. The van der Waals surface area contributed by atoms with Crippen LogP contribution in [0.5, 0.6) is 0 Å². The van der Waals surface area contributed by atoms with E-state index >= 15 is 0 Å². The maximum atomic E-state index is 12.0. The van der Waals surface area contributed by atoms with Gasteiger partial charge in [0.15, 0.2) is 0 Å². The molecule has 0 radical (unpaired) electrons. The molecule has 4 heteroatoms. The molecule has 0 aliphatic rings. The van der Waals surface area contributed by atoms with Gasteiger partial charge in [0.25, 0.3) is 0 Å². The molecular weight excluding hydrogens is 250 g/mol. The van der Waals surface area contributed by atoms with E-state index in [0.29, 0.717) is 16.9 Å².